The van der Waals surface area contributed by atoms with Gasteiger partial charge in [-0.3, -0.25) is 0 Å². The Hall–Kier alpha value is -0.940. The van der Waals surface area contributed by atoms with Crippen molar-refractivity contribution in [1.82, 2.24) is 15.5 Å². The monoisotopic (exact) mass is 293 g/mol. The minimum atomic E-state index is 0.383. The average molecular weight is 293 g/mol. The van der Waals surface area contributed by atoms with Crippen molar-refractivity contribution in [1.29, 1.82) is 0 Å². The van der Waals surface area contributed by atoms with Crippen LogP contribution in [0.25, 0.3) is 0 Å². The molecule has 21 heavy (non-hydrogen) atoms. The van der Waals surface area contributed by atoms with Gasteiger partial charge in [-0.25, -0.2) is 0 Å². The molecule has 1 N–H and O–H groups in total. The van der Waals surface area contributed by atoms with E-state index in [9.17, 15) is 0 Å². The summed E-state index contributed by atoms with van der Waals surface area (Å²) in [5, 5.41) is 7.82. The lowest BCUT2D eigenvalue weighted by Gasteiger charge is -2.22. The molecule has 1 saturated carbocycles. The number of nitrogens with zero attached hydrogens (tertiary/aromatic N) is 2. The second-order valence-corrected chi connectivity index (χ2v) is 6.39. The highest BCUT2D eigenvalue weighted by Gasteiger charge is 2.29. The Morgan fingerprint density at radius 2 is 2.10 bits per heavy atom. The first-order valence-electron chi connectivity index (χ1n) is 8.50. The molecule has 5 heteroatoms. The molecule has 2 aliphatic rings. The number of hydrogen-bond acceptors (Lipinski definition) is 5. The number of nitrogens with one attached hydrogen (secondary N) is 1. The number of likely N-dealkylation sites (N-methyl/N-ethyl adjacent to an activating group) is 1. The number of rotatable bonds is 5. The van der Waals surface area contributed by atoms with Crippen molar-refractivity contribution in [2.75, 3.05) is 19.8 Å². The van der Waals surface area contributed by atoms with Gasteiger partial charge in [-0.15, -0.1) is 0 Å². The van der Waals surface area contributed by atoms with Crippen molar-refractivity contribution in [2.45, 2.75) is 63.8 Å². The first-order chi connectivity index (χ1) is 10.4. The maximum atomic E-state index is 5.60. The largest absolute Gasteiger partial charge is 0.381 e. The summed E-state index contributed by atoms with van der Waals surface area (Å²) in [5.41, 5.74) is 0. The fourth-order valence-electron chi connectivity index (χ4n) is 3.61. The van der Waals surface area contributed by atoms with Gasteiger partial charge in [-0.05, 0) is 31.7 Å². The van der Waals surface area contributed by atoms with E-state index in [4.69, 9.17) is 14.2 Å². The molecular formula is C16H27N3O2. The van der Waals surface area contributed by atoms with Crippen molar-refractivity contribution >= 4 is 0 Å². The van der Waals surface area contributed by atoms with E-state index < -0.39 is 0 Å². The molecule has 1 aromatic heterocycles. The SMILES string of the molecule is CCNC1CCCCCC1c1nc(CC2CCOC2)no1. The summed E-state index contributed by atoms with van der Waals surface area (Å²) in [6.07, 6.45) is 8.27. The van der Waals surface area contributed by atoms with E-state index >= 15 is 0 Å². The van der Waals surface area contributed by atoms with Crippen molar-refractivity contribution in [3.63, 3.8) is 0 Å². The van der Waals surface area contributed by atoms with E-state index in [1.165, 1.54) is 25.7 Å². The molecule has 1 aromatic rings. The molecular weight excluding hydrogens is 266 g/mol. The molecule has 0 spiro atoms. The van der Waals surface area contributed by atoms with E-state index in [1.807, 2.05) is 0 Å². The second kappa shape index (κ2) is 7.36. The molecule has 2 heterocycles. The zero-order valence-corrected chi connectivity index (χ0v) is 13.0. The predicted octanol–water partition coefficient (Wildman–Crippen LogP) is 2.67. The third-order valence-electron chi connectivity index (χ3n) is 4.78. The number of ether oxygens (including phenoxy) is 1. The summed E-state index contributed by atoms with van der Waals surface area (Å²) < 4.78 is 11.0. The van der Waals surface area contributed by atoms with Crippen LogP contribution in [0.4, 0.5) is 0 Å². The maximum Gasteiger partial charge on any atom is 0.231 e. The number of hydrogen-bond donors (Lipinski definition) is 1. The topological polar surface area (TPSA) is 60.2 Å². The standard InChI is InChI=1S/C16H27N3O2/c1-2-17-14-7-5-3-4-6-13(14)16-18-15(19-21-16)10-12-8-9-20-11-12/h12-14,17H,2-11H2,1H3. The normalized spacial score (nSPS) is 30.4. The third-order valence-corrected chi connectivity index (χ3v) is 4.78. The molecule has 3 rings (SSSR count). The zero-order valence-electron chi connectivity index (χ0n) is 13.0. The first kappa shape index (κ1) is 15.0. The van der Waals surface area contributed by atoms with Crippen LogP contribution in [0.5, 0.6) is 0 Å². The van der Waals surface area contributed by atoms with Gasteiger partial charge in [0.1, 0.15) is 0 Å². The summed E-state index contributed by atoms with van der Waals surface area (Å²) in [7, 11) is 0. The quantitative estimate of drug-likeness (QED) is 0.846. The Morgan fingerprint density at radius 3 is 2.90 bits per heavy atom. The van der Waals surface area contributed by atoms with Gasteiger partial charge in [0.25, 0.3) is 0 Å². The van der Waals surface area contributed by atoms with Crippen molar-refractivity contribution < 1.29 is 9.26 Å². The molecule has 1 aliphatic carbocycles. The van der Waals surface area contributed by atoms with Crippen LogP contribution in [0.15, 0.2) is 4.52 Å². The van der Waals surface area contributed by atoms with Gasteiger partial charge >= 0.3 is 0 Å². The summed E-state index contributed by atoms with van der Waals surface area (Å²) in [4.78, 5) is 4.70. The lowest BCUT2D eigenvalue weighted by molar-refractivity contribution is 0.185. The van der Waals surface area contributed by atoms with Crippen LogP contribution in [0, 0.1) is 5.92 Å². The molecule has 0 amide bonds. The lowest BCUT2D eigenvalue weighted by Crippen LogP contribution is -2.34. The highest BCUT2D eigenvalue weighted by atomic mass is 16.5. The van der Waals surface area contributed by atoms with Crippen molar-refractivity contribution in [3.05, 3.63) is 11.7 Å². The summed E-state index contributed by atoms with van der Waals surface area (Å²) in [5.74, 6) is 2.65. The molecule has 1 aliphatic heterocycles. The summed E-state index contributed by atoms with van der Waals surface area (Å²) in [6.45, 7) is 4.89. The molecule has 1 saturated heterocycles. The van der Waals surface area contributed by atoms with E-state index in [0.717, 1.165) is 50.7 Å². The zero-order chi connectivity index (χ0) is 14.5. The van der Waals surface area contributed by atoms with Crippen LogP contribution >= 0.6 is 0 Å². The second-order valence-electron chi connectivity index (χ2n) is 6.39. The van der Waals surface area contributed by atoms with E-state index in [-0.39, 0.29) is 0 Å². The summed E-state index contributed by atoms with van der Waals surface area (Å²) in [6, 6.07) is 0.487. The van der Waals surface area contributed by atoms with Crippen LogP contribution in [0.2, 0.25) is 0 Å². The maximum absolute atomic E-state index is 5.60. The fraction of sp³-hybridized carbons (Fsp3) is 0.875. The van der Waals surface area contributed by atoms with Crippen molar-refractivity contribution in [2.24, 2.45) is 5.92 Å². The molecule has 2 fully saturated rings. The highest BCUT2D eigenvalue weighted by molar-refractivity contribution is 5.01. The van der Waals surface area contributed by atoms with Gasteiger partial charge < -0.3 is 14.6 Å². The van der Waals surface area contributed by atoms with Gasteiger partial charge in [0, 0.05) is 25.7 Å². The van der Waals surface area contributed by atoms with E-state index in [1.54, 1.807) is 0 Å². The first-order valence-corrected chi connectivity index (χ1v) is 8.50. The Bertz CT molecular complexity index is 429. The molecule has 3 unspecified atom stereocenters. The summed E-state index contributed by atoms with van der Waals surface area (Å²) >= 11 is 0. The smallest absolute Gasteiger partial charge is 0.231 e. The molecule has 0 bridgehead atoms. The molecule has 3 atom stereocenters. The van der Waals surface area contributed by atoms with Gasteiger partial charge in [-0.1, -0.05) is 31.3 Å². The van der Waals surface area contributed by atoms with Crippen LogP contribution in [0.3, 0.4) is 0 Å². The third kappa shape index (κ3) is 3.83. The van der Waals surface area contributed by atoms with E-state index in [2.05, 4.69) is 17.4 Å². The van der Waals surface area contributed by atoms with Gasteiger partial charge in [0.2, 0.25) is 5.89 Å². The molecule has 0 aromatic carbocycles. The van der Waals surface area contributed by atoms with E-state index in [0.29, 0.717) is 17.9 Å². The minimum absolute atomic E-state index is 0.383. The molecule has 0 radical (unpaired) electrons. The molecule has 5 nitrogen and oxygen atoms in total. The van der Waals surface area contributed by atoms with Crippen LogP contribution in [-0.4, -0.2) is 35.9 Å². The van der Waals surface area contributed by atoms with Crippen LogP contribution < -0.4 is 5.32 Å². The Kier molecular flexibility index (Phi) is 5.25. The molecule has 118 valence electrons. The predicted molar refractivity (Wildman–Crippen MR) is 80.2 cm³/mol. The average Bonchev–Trinajstić information content (AvgIpc) is 3.10. The Labute approximate surface area is 126 Å². The van der Waals surface area contributed by atoms with Gasteiger partial charge in [0.15, 0.2) is 5.82 Å². The fourth-order valence-corrected chi connectivity index (χ4v) is 3.61. The minimum Gasteiger partial charge on any atom is -0.381 e. The Balaban J connectivity index is 1.67. The van der Waals surface area contributed by atoms with Crippen molar-refractivity contribution in [3.8, 4) is 0 Å². The Morgan fingerprint density at radius 1 is 1.19 bits per heavy atom. The number of aromatic nitrogens is 2. The highest BCUT2D eigenvalue weighted by Crippen LogP contribution is 2.31. The van der Waals surface area contributed by atoms with Crippen LogP contribution in [0.1, 0.15) is 63.1 Å². The lowest BCUT2D eigenvalue weighted by atomic mass is 9.94. The van der Waals surface area contributed by atoms with Gasteiger partial charge in [0.05, 0.1) is 5.92 Å². The van der Waals surface area contributed by atoms with Crippen LogP contribution in [-0.2, 0) is 11.2 Å². The van der Waals surface area contributed by atoms with Gasteiger partial charge in [-0.2, -0.15) is 4.98 Å².